The topological polar surface area (TPSA) is 303 Å². The molecule has 0 amide bonds. The Morgan fingerprint density at radius 3 is 1.36 bits per heavy atom. The molecule has 0 bridgehead atoms. The molecule has 0 radical (unpaired) electrons. The molecule has 0 saturated heterocycles. The predicted octanol–water partition coefficient (Wildman–Crippen LogP) is 8.85. The minimum Gasteiger partial charge on any atom is -0.462 e. The highest BCUT2D eigenvalue weighted by molar-refractivity contribution is 7.47. The molecule has 22 heteroatoms. The average Bonchev–Trinajstić information content (AvgIpc) is 3.25. The van der Waals surface area contributed by atoms with Gasteiger partial charge in [0.15, 0.2) is 6.10 Å². The van der Waals surface area contributed by atoms with Crippen molar-refractivity contribution >= 4 is 35.4 Å². The monoisotopic (exact) mass is 1020 g/mol. The van der Waals surface area contributed by atoms with Gasteiger partial charge in [-0.05, 0) is 51.4 Å². The Morgan fingerprint density at radius 2 is 0.866 bits per heavy atom. The highest BCUT2D eigenvalue weighted by Crippen LogP contribution is 2.51. The Bertz CT molecular complexity index is 1550. The summed E-state index contributed by atoms with van der Waals surface area (Å²) in [7, 11) is -16.6. The van der Waals surface area contributed by atoms with Crippen LogP contribution in [0, 0.1) is 0 Å². The van der Waals surface area contributed by atoms with E-state index in [0.29, 0.717) is 19.3 Å². The highest BCUT2D eigenvalue weighted by atomic mass is 31.2. The van der Waals surface area contributed by atoms with E-state index in [4.69, 9.17) is 18.5 Å². The summed E-state index contributed by atoms with van der Waals surface area (Å²) in [5.41, 5.74) is 0. The molecule has 1 aliphatic carbocycles. The molecule has 0 aromatic heterocycles. The second-order valence-electron chi connectivity index (χ2n) is 17.0. The van der Waals surface area contributed by atoms with E-state index in [1.54, 1.807) is 0 Å². The van der Waals surface area contributed by atoms with E-state index >= 15 is 0 Å². The lowest BCUT2D eigenvalue weighted by atomic mass is 9.85. The maximum absolute atomic E-state index is 13.1. The van der Waals surface area contributed by atoms with Gasteiger partial charge in [0.1, 0.15) is 43.2 Å². The first-order valence-corrected chi connectivity index (χ1v) is 28.8. The van der Waals surface area contributed by atoms with Crippen LogP contribution in [0.2, 0.25) is 0 Å². The first kappa shape index (κ1) is 63.4. The molecule has 1 rings (SSSR count). The molecule has 0 aliphatic heterocycles. The van der Waals surface area contributed by atoms with Crippen molar-refractivity contribution in [3.8, 4) is 0 Å². The number of hydrogen-bond donors (Lipinski definition) is 8. The van der Waals surface area contributed by atoms with Crippen molar-refractivity contribution in [2.75, 3.05) is 13.2 Å². The fourth-order valence-electron chi connectivity index (χ4n) is 7.30. The molecule has 1 fully saturated rings. The molecular formula is C45H83O19P3. The second-order valence-corrected chi connectivity index (χ2v) is 20.8. The van der Waals surface area contributed by atoms with Gasteiger partial charge < -0.3 is 49.3 Å². The Kier molecular flexibility index (Phi) is 35.2. The van der Waals surface area contributed by atoms with E-state index in [9.17, 15) is 63.1 Å². The summed E-state index contributed by atoms with van der Waals surface area (Å²) >= 11 is 0. The fourth-order valence-corrected chi connectivity index (χ4v) is 9.39. The van der Waals surface area contributed by atoms with E-state index in [1.807, 2.05) is 0 Å². The van der Waals surface area contributed by atoms with Crippen LogP contribution in [-0.4, -0.2) is 108 Å². The van der Waals surface area contributed by atoms with Gasteiger partial charge in [-0.3, -0.25) is 27.7 Å². The van der Waals surface area contributed by atoms with Gasteiger partial charge in [-0.1, -0.05) is 153 Å². The van der Waals surface area contributed by atoms with Crippen LogP contribution in [0.3, 0.4) is 0 Å². The van der Waals surface area contributed by atoms with Gasteiger partial charge in [0, 0.05) is 12.8 Å². The van der Waals surface area contributed by atoms with E-state index in [2.05, 4.69) is 59.4 Å². The average molecular weight is 1020 g/mol. The molecule has 8 N–H and O–H groups in total. The number of carbonyl (C=O) groups is 2. The normalized spacial score (nSPS) is 21.9. The number of carbonyl (C=O) groups excluding carboxylic acids is 2. The number of aliphatic hydroxyl groups excluding tert-OH is 3. The quantitative estimate of drug-likeness (QED) is 0.0123. The molecule has 67 heavy (non-hydrogen) atoms. The third kappa shape index (κ3) is 33.6. The van der Waals surface area contributed by atoms with Crippen molar-refractivity contribution in [1.29, 1.82) is 0 Å². The van der Waals surface area contributed by atoms with Crippen LogP contribution in [0.15, 0.2) is 36.5 Å². The highest BCUT2D eigenvalue weighted by Gasteiger charge is 2.56. The summed E-state index contributed by atoms with van der Waals surface area (Å²) in [6, 6.07) is 0. The van der Waals surface area contributed by atoms with Crippen LogP contribution in [0.1, 0.15) is 181 Å². The first-order chi connectivity index (χ1) is 31.8. The molecule has 392 valence electrons. The number of esters is 2. The Balaban J connectivity index is 2.74. The van der Waals surface area contributed by atoms with E-state index in [1.165, 1.54) is 70.6 Å². The van der Waals surface area contributed by atoms with E-state index in [-0.39, 0.29) is 12.8 Å². The Hall–Kier alpha value is -1.63. The van der Waals surface area contributed by atoms with Crippen LogP contribution in [-0.2, 0) is 50.9 Å². The number of phosphoric acid groups is 3. The lowest BCUT2D eigenvalue weighted by molar-refractivity contribution is -0.213. The van der Waals surface area contributed by atoms with E-state index < -0.39 is 91.3 Å². The maximum atomic E-state index is 13.1. The molecule has 19 nitrogen and oxygen atoms in total. The van der Waals surface area contributed by atoms with Gasteiger partial charge in [0.25, 0.3) is 0 Å². The van der Waals surface area contributed by atoms with Crippen LogP contribution >= 0.6 is 23.5 Å². The predicted molar refractivity (Wildman–Crippen MR) is 252 cm³/mol. The number of allylic oxidation sites excluding steroid dienone is 6. The lowest BCUT2D eigenvalue weighted by Gasteiger charge is -2.44. The van der Waals surface area contributed by atoms with Crippen molar-refractivity contribution in [2.45, 2.75) is 224 Å². The van der Waals surface area contributed by atoms with Crippen molar-refractivity contribution in [2.24, 2.45) is 0 Å². The number of aliphatic hydroxyl groups is 3. The minimum absolute atomic E-state index is 0.0263. The van der Waals surface area contributed by atoms with Crippen molar-refractivity contribution in [3.63, 3.8) is 0 Å². The number of rotatable bonds is 41. The minimum atomic E-state index is -5.60. The van der Waals surface area contributed by atoms with Crippen LogP contribution in [0.25, 0.3) is 0 Å². The van der Waals surface area contributed by atoms with Gasteiger partial charge in [0.2, 0.25) is 0 Å². The maximum Gasteiger partial charge on any atom is 0.472 e. The van der Waals surface area contributed by atoms with Crippen LogP contribution < -0.4 is 0 Å². The molecule has 0 spiro atoms. The van der Waals surface area contributed by atoms with Crippen molar-refractivity contribution < 1.29 is 90.6 Å². The molecule has 8 unspecified atom stereocenters. The summed E-state index contributed by atoms with van der Waals surface area (Å²) in [6.45, 7) is 2.90. The fraction of sp³-hybridized carbons (Fsp3) is 0.822. The van der Waals surface area contributed by atoms with Gasteiger partial charge >= 0.3 is 35.4 Å². The van der Waals surface area contributed by atoms with Crippen molar-refractivity contribution in [3.05, 3.63) is 36.5 Å². The Labute approximate surface area is 398 Å². The van der Waals surface area contributed by atoms with Crippen LogP contribution in [0.5, 0.6) is 0 Å². The van der Waals surface area contributed by atoms with Gasteiger partial charge in [-0.25, -0.2) is 13.7 Å². The first-order valence-electron chi connectivity index (χ1n) is 24.3. The number of hydrogen-bond acceptors (Lipinski definition) is 14. The molecule has 0 aromatic carbocycles. The SMILES string of the molecule is CCCCCC=CCC=CCC=CCCCCCCC(=O)OC(COC(=O)CCCCCCCCCCCCCCC)COP(=O)(O)OC1C(O)C(O)C(OP(=O)(O)O)C(OP(=O)(O)O)C1O. The lowest BCUT2D eigenvalue weighted by Crippen LogP contribution is -2.65. The smallest absolute Gasteiger partial charge is 0.462 e. The third-order valence-electron chi connectivity index (χ3n) is 10.9. The van der Waals surface area contributed by atoms with Gasteiger partial charge in [-0.2, -0.15) is 0 Å². The number of unbranched alkanes of at least 4 members (excludes halogenated alkanes) is 19. The van der Waals surface area contributed by atoms with Gasteiger partial charge in [-0.15, -0.1) is 0 Å². The molecule has 1 aliphatic rings. The number of ether oxygens (including phenoxy) is 2. The molecule has 0 heterocycles. The largest absolute Gasteiger partial charge is 0.472 e. The third-order valence-corrected chi connectivity index (χ3v) is 13.0. The summed E-state index contributed by atoms with van der Waals surface area (Å²) in [6.07, 6.45) is 21.6. The van der Waals surface area contributed by atoms with Crippen LogP contribution in [0.4, 0.5) is 0 Å². The summed E-state index contributed by atoms with van der Waals surface area (Å²) in [4.78, 5) is 73.2. The molecular weight excluding hydrogens is 937 g/mol. The zero-order chi connectivity index (χ0) is 50.0. The van der Waals surface area contributed by atoms with Crippen molar-refractivity contribution in [1.82, 2.24) is 0 Å². The molecule has 0 aromatic rings. The summed E-state index contributed by atoms with van der Waals surface area (Å²) in [5.74, 6) is -1.32. The summed E-state index contributed by atoms with van der Waals surface area (Å²) < 4.78 is 65.5. The Morgan fingerprint density at radius 1 is 0.478 bits per heavy atom. The zero-order valence-corrected chi connectivity index (χ0v) is 42.4. The molecule has 8 atom stereocenters. The number of phosphoric ester groups is 3. The molecule has 1 saturated carbocycles. The van der Waals surface area contributed by atoms with Gasteiger partial charge in [0.05, 0.1) is 6.61 Å². The zero-order valence-electron chi connectivity index (χ0n) is 39.7. The second kappa shape index (κ2) is 37.2. The standard InChI is InChI=1S/C45H83O19P3/c1-3-5-7-9-11-13-15-17-18-19-20-22-24-26-28-30-32-34-39(47)61-37(35-59-38(46)33-31-29-27-25-23-21-16-14-12-10-8-6-4-2)36-60-67(57,58)64-43-40(48)41(49)44(62-65(51,52)53)45(42(43)50)63-66(54,55)56/h11,13,17-18,20,22,37,40-45,48-50H,3-10,12,14-16,19,21,23-36H2,1-2H3,(H,57,58)(H2,51,52,53)(H2,54,55,56). The van der Waals surface area contributed by atoms with E-state index in [0.717, 1.165) is 64.2 Å². The summed E-state index contributed by atoms with van der Waals surface area (Å²) in [5, 5.41) is 31.9.